The number of hydrogen-bond donors (Lipinski definition) is 0. The summed E-state index contributed by atoms with van der Waals surface area (Å²) >= 11 is 0. The fraction of sp³-hybridized carbons (Fsp3) is 0.727. The predicted octanol–water partition coefficient (Wildman–Crippen LogP) is 0.958. The van der Waals surface area contributed by atoms with Gasteiger partial charge in [-0.1, -0.05) is 27.2 Å². The molecule has 0 aromatic heterocycles. The van der Waals surface area contributed by atoms with Gasteiger partial charge in [-0.25, -0.2) is 0 Å². The van der Waals surface area contributed by atoms with E-state index in [1.54, 1.807) is 0 Å². The Morgan fingerprint density at radius 3 is 1.85 bits per heavy atom. The molecule has 0 bridgehead atoms. The predicted molar refractivity (Wildman–Crippen MR) is 59.9 cm³/mol. The molecule has 0 heterocycles. The van der Waals surface area contributed by atoms with Crippen molar-refractivity contribution >= 4 is 0 Å². The summed E-state index contributed by atoms with van der Waals surface area (Å²) in [7, 11) is 0. The summed E-state index contributed by atoms with van der Waals surface area (Å²) in [5.74, 6) is 0. The van der Waals surface area contributed by atoms with Gasteiger partial charge in [0.2, 0.25) is 0 Å². The monoisotopic (exact) mass is 214 g/mol. The molecule has 0 radical (unpaired) electrons. The standard InChI is InChI=1S/C7H15O.C2H6.2CH3.K/c1-3-5-7-8-6-4-2;1-2;;;/h2-7H2,1H3;1-2H3;2*1H3;/q-1;;2*-1;+1. The molecular weight excluding hydrogens is 187 g/mol. The Morgan fingerprint density at radius 2 is 1.54 bits per heavy atom. The molecule has 0 fully saturated rings. The minimum atomic E-state index is 0. The van der Waals surface area contributed by atoms with Crippen LogP contribution < -0.4 is 51.4 Å². The van der Waals surface area contributed by atoms with Gasteiger partial charge in [-0.3, -0.25) is 0 Å². The van der Waals surface area contributed by atoms with Crippen molar-refractivity contribution in [1.82, 2.24) is 0 Å². The van der Waals surface area contributed by atoms with Crippen LogP contribution in [0.25, 0.3) is 0 Å². The van der Waals surface area contributed by atoms with Crippen molar-refractivity contribution in [2.24, 2.45) is 0 Å². The first-order chi connectivity index (χ1) is 4.91. The topological polar surface area (TPSA) is 9.23 Å². The summed E-state index contributed by atoms with van der Waals surface area (Å²) in [6, 6.07) is 0. The SMILES string of the molecule is CC.[CH2-]CCOCCCC.[CH3-].[CH3-].[K+]. The third-order valence-corrected chi connectivity index (χ3v) is 0.931. The van der Waals surface area contributed by atoms with E-state index in [-0.39, 0.29) is 66.2 Å². The van der Waals surface area contributed by atoms with Gasteiger partial charge in [-0.05, 0) is 6.42 Å². The number of hydrogen-bond acceptors (Lipinski definition) is 1. The maximum absolute atomic E-state index is 5.16. The summed E-state index contributed by atoms with van der Waals surface area (Å²) in [4.78, 5) is 0. The summed E-state index contributed by atoms with van der Waals surface area (Å²) in [5.41, 5.74) is 0. The molecule has 0 spiro atoms. The number of rotatable bonds is 5. The molecule has 0 amide bonds. The fourth-order valence-corrected chi connectivity index (χ4v) is 0.451. The van der Waals surface area contributed by atoms with E-state index in [0.717, 1.165) is 19.6 Å². The fourth-order valence-electron chi connectivity index (χ4n) is 0.451. The molecule has 0 atom stereocenters. The van der Waals surface area contributed by atoms with Gasteiger partial charge in [0.25, 0.3) is 0 Å². The number of ether oxygens (including phenoxy) is 1. The van der Waals surface area contributed by atoms with E-state index in [1.165, 1.54) is 12.8 Å². The summed E-state index contributed by atoms with van der Waals surface area (Å²) in [6.45, 7) is 11.5. The Labute approximate surface area is 129 Å². The van der Waals surface area contributed by atoms with Crippen LogP contribution in [0.4, 0.5) is 0 Å². The molecule has 0 aliphatic carbocycles. The van der Waals surface area contributed by atoms with Crippen LogP contribution in [0.1, 0.15) is 40.0 Å². The Hall–Kier alpha value is 1.60. The first-order valence-electron chi connectivity index (χ1n) is 4.28. The van der Waals surface area contributed by atoms with Gasteiger partial charge in [0.1, 0.15) is 0 Å². The smallest absolute Gasteiger partial charge is 0.384 e. The Bertz CT molecular complexity index is 35.1. The third kappa shape index (κ3) is 42.0. The molecule has 2 heteroatoms. The molecule has 0 unspecified atom stereocenters. The van der Waals surface area contributed by atoms with E-state index in [4.69, 9.17) is 4.74 Å². The van der Waals surface area contributed by atoms with Gasteiger partial charge in [-0.2, -0.15) is 6.42 Å². The van der Waals surface area contributed by atoms with E-state index < -0.39 is 0 Å². The third-order valence-electron chi connectivity index (χ3n) is 0.931. The van der Waals surface area contributed by atoms with Crippen molar-refractivity contribution in [3.8, 4) is 0 Å². The Kier molecular flexibility index (Phi) is 84.3. The maximum atomic E-state index is 5.16. The van der Waals surface area contributed by atoms with E-state index >= 15 is 0 Å². The average molecular weight is 214 g/mol. The largest absolute Gasteiger partial charge is 1.00 e. The van der Waals surface area contributed by atoms with Gasteiger partial charge in [0, 0.05) is 13.2 Å². The van der Waals surface area contributed by atoms with Gasteiger partial charge < -0.3 is 26.5 Å². The van der Waals surface area contributed by atoms with E-state index in [9.17, 15) is 0 Å². The van der Waals surface area contributed by atoms with Crippen LogP contribution in [0.5, 0.6) is 0 Å². The molecule has 0 aliphatic heterocycles. The van der Waals surface area contributed by atoms with Crippen molar-refractivity contribution in [3.63, 3.8) is 0 Å². The van der Waals surface area contributed by atoms with E-state index in [2.05, 4.69) is 13.8 Å². The zero-order valence-electron chi connectivity index (χ0n) is 10.7. The second kappa shape index (κ2) is 37.4. The van der Waals surface area contributed by atoms with Gasteiger partial charge in [0.15, 0.2) is 0 Å². The van der Waals surface area contributed by atoms with Crippen LogP contribution in [0.15, 0.2) is 0 Å². The minimum Gasteiger partial charge on any atom is -0.384 e. The van der Waals surface area contributed by atoms with Crippen LogP contribution in [0, 0.1) is 21.8 Å². The quantitative estimate of drug-likeness (QED) is 0.376. The van der Waals surface area contributed by atoms with Gasteiger partial charge in [0.05, 0.1) is 0 Å². The van der Waals surface area contributed by atoms with Crippen LogP contribution in [0.3, 0.4) is 0 Å². The molecule has 13 heavy (non-hydrogen) atoms. The molecule has 0 N–H and O–H groups in total. The Balaban J connectivity index is -0.0000000398. The molecular formula is C11H27KO-2. The van der Waals surface area contributed by atoms with Crippen molar-refractivity contribution in [2.45, 2.75) is 40.0 Å². The second-order valence-electron chi connectivity index (χ2n) is 1.82. The van der Waals surface area contributed by atoms with Crippen LogP contribution >= 0.6 is 0 Å². The molecule has 0 rings (SSSR count). The molecule has 1 nitrogen and oxygen atoms in total. The Morgan fingerprint density at radius 1 is 1.08 bits per heavy atom. The molecule has 0 saturated heterocycles. The van der Waals surface area contributed by atoms with Crippen LogP contribution in [-0.4, -0.2) is 13.2 Å². The molecule has 0 aromatic rings. The normalized spacial score (nSPS) is 6.46. The van der Waals surface area contributed by atoms with E-state index in [1.807, 2.05) is 13.8 Å². The van der Waals surface area contributed by atoms with Crippen molar-refractivity contribution < 1.29 is 56.1 Å². The summed E-state index contributed by atoms with van der Waals surface area (Å²) < 4.78 is 5.16. The average Bonchev–Trinajstić information content (AvgIpc) is 2.02. The van der Waals surface area contributed by atoms with Crippen molar-refractivity contribution in [2.75, 3.05) is 13.2 Å². The molecule has 0 aliphatic rings. The first kappa shape index (κ1) is 29.3. The second-order valence-corrected chi connectivity index (χ2v) is 1.82. The molecule has 0 aromatic carbocycles. The zero-order chi connectivity index (χ0) is 8.24. The molecule has 0 saturated carbocycles. The first-order valence-corrected chi connectivity index (χ1v) is 4.28. The molecule has 80 valence electrons. The maximum Gasteiger partial charge on any atom is 1.00 e. The minimum absolute atomic E-state index is 0. The summed E-state index contributed by atoms with van der Waals surface area (Å²) in [5, 5.41) is 0. The van der Waals surface area contributed by atoms with Gasteiger partial charge >= 0.3 is 51.4 Å². The van der Waals surface area contributed by atoms with E-state index in [0.29, 0.717) is 0 Å². The van der Waals surface area contributed by atoms with Crippen molar-refractivity contribution in [1.29, 1.82) is 0 Å². The number of unbranched alkanes of at least 4 members (excludes halogenated alkanes) is 1. The summed E-state index contributed by atoms with van der Waals surface area (Å²) in [6.07, 6.45) is 3.29. The zero-order valence-corrected chi connectivity index (χ0v) is 13.8. The van der Waals surface area contributed by atoms with Crippen molar-refractivity contribution in [3.05, 3.63) is 21.8 Å². The van der Waals surface area contributed by atoms with Crippen LogP contribution in [0.2, 0.25) is 0 Å². The van der Waals surface area contributed by atoms with Crippen LogP contribution in [-0.2, 0) is 4.74 Å². The van der Waals surface area contributed by atoms with Gasteiger partial charge in [-0.15, -0.1) is 0 Å².